The van der Waals surface area contributed by atoms with Gasteiger partial charge in [-0.25, -0.2) is 4.79 Å². The van der Waals surface area contributed by atoms with Crippen LogP contribution in [0.1, 0.15) is 22.3 Å². The Morgan fingerprint density at radius 3 is 2.73 bits per heavy atom. The predicted molar refractivity (Wildman–Crippen MR) is 99.9 cm³/mol. The third-order valence-corrected chi connectivity index (χ3v) is 4.47. The van der Waals surface area contributed by atoms with Crippen LogP contribution in [-0.2, 0) is 16.0 Å². The number of anilines is 2. The van der Waals surface area contributed by atoms with Crippen LogP contribution in [0.4, 0.5) is 11.4 Å². The van der Waals surface area contributed by atoms with Crippen molar-refractivity contribution < 1.29 is 19.1 Å². The van der Waals surface area contributed by atoms with Crippen LogP contribution in [0.25, 0.3) is 0 Å². The van der Waals surface area contributed by atoms with E-state index in [9.17, 15) is 9.59 Å². The molecule has 0 atom stereocenters. The van der Waals surface area contributed by atoms with Crippen LogP contribution in [0.3, 0.4) is 0 Å². The summed E-state index contributed by atoms with van der Waals surface area (Å²) in [4.78, 5) is 26.4. The van der Waals surface area contributed by atoms with E-state index in [-0.39, 0.29) is 12.5 Å². The number of para-hydroxylation sites is 1. The molecule has 6 nitrogen and oxygen atoms in total. The lowest BCUT2D eigenvalue weighted by Crippen LogP contribution is -2.39. The van der Waals surface area contributed by atoms with Crippen LogP contribution in [0.2, 0.25) is 0 Å². The molecule has 1 N–H and O–H groups in total. The number of ether oxygens (including phenoxy) is 2. The first-order valence-corrected chi connectivity index (χ1v) is 8.52. The van der Waals surface area contributed by atoms with Crippen molar-refractivity contribution in [1.82, 2.24) is 0 Å². The number of hydrogen-bond acceptors (Lipinski definition) is 5. The maximum Gasteiger partial charge on any atom is 0.339 e. The summed E-state index contributed by atoms with van der Waals surface area (Å²) in [6.45, 7) is 0.776. The molecule has 0 spiro atoms. The van der Waals surface area contributed by atoms with Gasteiger partial charge in [-0.05, 0) is 48.7 Å². The fraction of sp³-hybridized carbons (Fsp3) is 0.300. The van der Waals surface area contributed by atoms with Gasteiger partial charge in [0.1, 0.15) is 5.75 Å². The zero-order valence-corrected chi connectivity index (χ0v) is 15.0. The van der Waals surface area contributed by atoms with E-state index in [0.29, 0.717) is 17.8 Å². The number of benzene rings is 2. The van der Waals surface area contributed by atoms with E-state index >= 15 is 0 Å². The Kier molecular flexibility index (Phi) is 5.41. The summed E-state index contributed by atoms with van der Waals surface area (Å²) in [5, 5.41) is 3.06. The number of aryl methyl sites for hydroxylation is 1. The average Bonchev–Trinajstić information content (AvgIpc) is 2.70. The van der Waals surface area contributed by atoms with Crippen molar-refractivity contribution in [3.8, 4) is 5.75 Å². The summed E-state index contributed by atoms with van der Waals surface area (Å²) in [7, 11) is 2.97. The van der Waals surface area contributed by atoms with Crippen LogP contribution in [0, 0.1) is 0 Å². The van der Waals surface area contributed by atoms with Crippen molar-refractivity contribution in [3.05, 3.63) is 53.6 Å². The summed E-state index contributed by atoms with van der Waals surface area (Å²) in [5.74, 6) is 0.315. The van der Waals surface area contributed by atoms with E-state index in [0.717, 1.165) is 29.8 Å². The second-order valence-corrected chi connectivity index (χ2v) is 6.03. The molecule has 3 rings (SSSR count). The SMILES string of the molecule is COC(=O)c1ccccc1NCC(=O)N1CCCc2cc(OC)ccc21. The van der Waals surface area contributed by atoms with Gasteiger partial charge in [-0.15, -0.1) is 0 Å². The number of carbonyl (C=O) groups excluding carboxylic acids is 2. The number of rotatable bonds is 5. The molecular formula is C20H22N2O4. The van der Waals surface area contributed by atoms with Gasteiger partial charge in [-0.3, -0.25) is 4.79 Å². The van der Waals surface area contributed by atoms with Crippen molar-refractivity contribution in [2.75, 3.05) is 37.5 Å². The molecule has 26 heavy (non-hydrogen) atoms. The van der Waals surface area contributed by atoms with Gasteiger partial charge in [0.15, 0.2) is 0 Å². The molecule has 1 amide bonds. The quantitative estimate of drug-likeness (QED) is 0.836. The Morgan fingerprint density at radius 2 is 1.96 bits per heavy atom. The van der Waals surface area contributed by atoms with E-state index in [4.69, 9.17) is 9.47 Å². The molecule has 6 heteroatoms. The molecule has 1 aliphatic heterocycles. The Balaban J connectivity index is 1.74. The first kappa shape index (κ1) is 17.8. The molecule has 1 heterocycles. The standard InChI is InChI=1S/C20H22N2O4/c1-25-15-9-10-18-14(12-15)6-5-11-22(18)19(23)13-21-17-8-4-3-7-16(17)20(24)26-2/h3-4,7-10,12,21H,5-6,11,13H2,1-2H3. The van der Waals surface area contributed by atoms with Crippen molar-refractivity contribution in [1.29, 1.82) is 0 Å². The molecule has 0 saturated carbocycles. The second kappa shape index (κ2) is 7.91. The first-order chi connectivity index (χ1) is 12.6. The van der Waals surface area contributed by atoms with E-state index < -0.39 is 5.97 Å². The fourth-order valence-corrected chi connectivity index (χ4v) is 3.15. The molecule has 1 aliphatic rings. The zero-order valence-electron chi connectivity index (χ0n) is 15.0. The minimum absolute atomic E-state index is 0.0456. The summed E-state index contributed by atoms with van der Waals surface area (Å²) in [5.41, 5.74) is 3.02. The van der Waals surface area contributed by atoms with Crippen molar-refractivity contribution in [2.45, 2.75) is 12.8 Å². The highest BCUT2D eigenvalue weighted by atomic mass is 16.5. The Labute approximate surface area is 152 Å². The largest absolute Gasteiger partial charge is 0.497 e. The third kappa shape index (κ3) is 3.64. The van der Waals surface area contributed by atoms with Gasteiger partial charge in [-0.2, -0.15) is 0 Å². The first-order valence-electron chi connectivity index (χ1n) is 8.52. The fourth-order valence-electron chi connectivity index (χ4n) is 3.15. The van der Waals surface area contributed by atoms with Crippen LogP contribution >= 0.6 is 0 Å². The number of esters is 1. The lowest BCUT2D eigenvalue weighted by Gasteiger charge is -2.30. The van der Waals surface area contributed by atoms with Crippen molar-refractivity contribution in [2.24, 2.45) is 0 Å². The lowest BCUT2D eigenvalue weighted by molar-refractivity contribution is -0.117. The molecule has 0 unspecified atom stereocenters. The highest BCUT2D eigenvalue weighted by Crippen LogP contribution is 2.30. The molecule has 2 aromatic rings. The van der Waals surface area contributed by atoms with Gasteiger partial charge >= 0.3 is 5.97 Å². The summed E-state index contributed by atoms with van der Waals surface area (Å²) in [6, 6.07) is 12.8. The number of carbonyl (C=O) groups is 2. The van der Waals surface area contributed by atoms with E-state index in [1.807, 2.05) is 24.3 Å². The lowest BCUT2D eigenvalue weighted by atomic mass is 10.0. The Morgan fingerprint density at radius 1 is 1.15 bits per heavy atom. The minimum Gasteiger partial charge on any atom is -0.497 e. The third-order valence-electron chi connectivity index (χ3n) is 4.47. The average molecular weight is 354 g/mol. The number of nitrogens with one attached hydrogen (secondary N) is 1. The van der Waals surface area contributed by atoms with Crippen LogP contribution in [0.15, 0.2) is 42.5 Å². The maximum atomic E-state index is 12.8. The van der Waals surface area contributed by atoms with Crippen LogP contribution in [-0.4, -0.2) is 39.2 Å². The predicted octanol–water partition coefficient (Wildman–Crippen LogP) is 2.87. The van der Waals surface area contributed by atoms with Crippen LogP contribution in [0.5, 0.6) is 5.75 Å². The smallest absolute Gasteiger partial charge is 0.339 e. The van der Waals surface area contributed by atoms with E-state index in [1.165, 1.54) is 7.11 Å². The normalized spacial score (nSPS) is 12.9. The molecule has 0 aliphatic carbocycles. The number of amides is 1. The number of nitrogens with zero attached hydrogens (tertiary/aromatic N) is 1. The number of fused-ring (bicyclic) bond motifs is 1. The second-order valence-electron chi connectivity index (χ2n) is 6.03. The van der Waals surface area contributed by atoms with E-state index in [1.54, 1.807) is 30.2 Å². The van der Waals surface area contributed by atoms with Gasteiger partial charge in [0.25, 0.3) is 0 Å². The van der Waals surface area contributed by atoms with Crippen LogP contribution < -0.4 is 15.0 Å². The molecular weight excluding hydrogens is 332 g/mol. The number of hydrogen-bond donors (Lipinski definition) is 1. The topological polar surface area (TPSA) is 67.9 Å². The zero-order chi connectivity index (χ0) is 18.5. The molecule has 2 aromatic carbocycles. The monoisotopic (exact) mass is 354 g/mol. The minimum atomic E-state index is -0.434. The molecule has 136 valence electrons. The molecule has 0 radical (unpaired) electrons. The molecule has 0 bridgehead atoms. The van der Waals surface area contributed by atoms with E-state index in [2.05, 4.69) is 5.32 Å². The van der Waals surface area contributed by atoms with Gasteiger partial charge in [0, 0.05) is 17.9 Å². The Bertz CT molecular complexity index is 819. The van der Waals surface area contributed by atoms with Crippen molar-refractivity contribution >= 4 is 23.3 Å². The summed E-state index contributed by atoms with van der Waals surface area (Å²) >= 11 is 0. The van der Waals surface area contributed by atoms with Gasteiger partial charge in [0.05, 0.1) is 26.3 Å². The summed E-state index contributed by atoms with van der Waals surface area (Å²) < 4.78 is 10.1. The molecule has 0 saturated heterocycles. The maximum absolute atomic E-state index is 12.8. The highest BCUT2D eigenvalue weighted by Gasteiger charge is 2.23. The number of methoxy groups -OCH3 is 2. The molecule has 0 fully saturated rings. The Hall–Kier alpha value is -3.02. The van der Waals surface area contributed by atoms with Gasteiger partial charge < -0.3 is 19.7 Å². The molecule has 0 aromatic heterocycles. The van der Waals surface area contributed by atoms with Gasteiger partial charge in [0.2, 0.25) is 5.91 Å². The highest BCUT2D eigenvalue weighted by molar-refractivity contribution is 5.99. The summed E-state index contributed by atoms with van der Waals surface area (Å²) in [6.07, 6.45) is 1.83. The van der Waals surface area contributed by atoms with Gasteiger partial charge in [-0.1, -0.05) is 12.1 Å². The van der Waals surface area contributed by atoms with Crippen molar-refractivity contribution in [3.63, 3.8) is 0 Å².